The fraction of sp³-hybridized carbons (Fsp3) is 0.167. The van der Waals surface area contributed by atoms with Crippen LogP contribution in [0.25, 0.3) is 11.1 Å². The SMILES string of the molecule is O=C1c2ccccc2C(=O)N1CCCn1c(=O)oc2cc(Br)c(Cl)cc21. The van der Waals surface area contributed by atoms with E-state index in [2.05, 4.69) is 15.9 Å². The van der Waals surface area contributed by atoms with E-state index in [-0.39, 0.29) is 18.4 Å². The first-order chi connectivity index (χ1) is 12.5. The number of benzene rings is 2. The molecule has 1 aliphatic heterocycles. The van der Waals surface area contributed by atoms with Crippen molar-refractivity contribution in [2.24, 2.45) is 0 Å². The van der Waals surface area contributed by atoms with Gasteiger partial charge in [0.15, 0.2) is 5.58 Å². The second kappa shape index (κ2) is 6.41. The third-order valence-electron chi connectivity index (χ3n) is 4.35. The Balaban J connectivity index is 1.53. The van der Waals surface area contributed by atoms with Crippen molar-refractivity contribution in [1.82, 2.24) is 9.47 Å². The van der Waals surface area contributed by atoms with Crippen molar-refractivity contribution in [2.45, 2.75) is 13.0 Å². The van der Waals surface area contributed by atoms with E-state index < -0.39 is 5.76 Å². The highest BCUT2D eigenvalue weighted by Gasteiger charge is 2.34. The van der Waals surface area contributed by atoms with Gasteiger partial charge in [0.2, 0.25) is 0 Å². The monoisotopic (exact) mass is 434 g/mol. The summed E-state index contributed by atoms with van der Waals surface area (Å²) in [6, 6.07) is 10.0. The van der Waals surface area contributed by atoms with Gasteiger partial charge in [-0.1, -0.05) is 23.7 Å². The van der Waals surface area contributed by atoms with Gasteiger partial charge in [-0.2, -0.15) is 0 Å². The minimum Gasteiger partial charge on any atom is -0.408 e. The van der Waals surface area contributed by atoms with Crippen molar-refractivity contribution in [3.05, 3.63) is 67.6 Å². The van der Waals surface area contributed by atoms with Gasteiger partial charge in [-0.3, -0.25) is 19.1 Å². The number of hydrogen-bond acceptors (Lipinski definition) is 4. The molecule has 2 heterocycles. The predicted octanol–water partition coefficient (Wildman–Crippen LogP) is 3.70. The standard InChI is InChI=1S/C18H12BrClN2O4/c19-12-8-15-14(9-13(12)20)21(18(25)26-15)6-3-7-22-16(23)10-4-1-2-5-11(10)17(22)24/h1-2,4-5,8-9H,3,6-7H2. The van der Waals surface area contributed by atoms with E-state index in [0.29, 0.717) is 44.7 Å². The molecule has 0 N–H and O–H groups in total. The third kappa shape index (κ3) is 2.68. The molecule has 0 bridgehead atoms. The first kappa shape index (κ1) is 17.1. The molecule has 3 aromatic rings. The van der Waals surface area contributed by atoms with Crippen molar-refractivity contribution < 1.29 is 14.0 Å². The zero-order chi connectivity index (χ0) is 18.4. The van der Waals surface area contributed by atoms with Gasteiger partial charge in [0.05, 0.1) is 21.7 Å². The Morgan fingerprint density at radius 2 is 1.65 bits per heavy atom. The second-order valence-electron chi connectivity index (χ2n) is 5.91. The van der Waals surface area contributed by atoms with Crippen LogP contribution in [0.5, 0.6) is 0 Å². The number of oxazole rings is 1. The lowest BCUT2D eigenvalue weighted by Gasteiger charge is -2.13. The molecule has 6 nitrogen and oxygen atoms in total. The van der Waals surface area contributed by atoms with Crippen LogP contribution in [0.3, 0.4) is 0 Å². The van der Waals surface area contributed by atoms with E-state index in [9.17, 15) is 14.4 Å². The number of carbonyl (C=O) groups is 2. The zero-order valence-corrected chi connectivity index (χ0v) is 15.7. The molecule has 0 radical (unpaired) electrons. The van der Waals surface area contributed by atoms with Crippen LogP contribution >= 0.6 is 27.5 Å². The van der Waals surface area contributed by atoms with Crippen LogP contribution < -0.4 is 5.76 Å². The van der Waals surface area contributed by atoms with E-state index in [0.717, 1.165) is 0 Å². The van der Waals surface area contributed by atoms with E-state index in [1.54, 1.807) is 36.4 Å². The lowest BCUT2D eigenvalue weighted by atomic mass is 10.1. The molecule has 8 heteroatoms. The molecule has 0 unspecified atom stereocenters. The highest BCUT2D eigenvalue weighted by atomic mass is 79.9. The van der Waals surface area contributed by atoms with Crippen LogP contribution in [0.1, 0.15) is 27.1 Å². The predicted molar refractivity (Wildman–Crippen MR) is 99.6 cm³/mol. The molecular formula is C18H12BrClN2O4. The molecule has 0 saturated carbocycles. The Morgan fingerprint density at radius 3 is 2.31 bits per heavy atom. The molecule has 0 fully saturated rings. The lowest BCUT2D eigenvalue weighted by Crippen LogP contribution is -2.31. The molecule has 2 amide bonds. The number of nitrogens with zero attached hydrogens (tertiary/aromatic N) is 2. The number of amides is 2. The van der Waals surface area contributed by atoms with Crippen molar-refractivity contribution in [2.75, 3.05) is 6.54 Å². The summed E-state index contributed by atoms with van der Waals surface area (Å²) in [5.74, 6) is -1.11. The highest BCUT2D eigenvalue weighted by molar-refractivity contribution is 9.10. The molecule has 0 spiro atoms. The first-order valence-electron chi connectivity index (χ1n) is 7.91. The summed E-state index contributed by atoms with van der Waals surface area (Å²) in [5, 5.41) is 0.465. The quantitative estimate of drug-likeness (QED) is 0.586. The normalized spacial score (nSPS) is 13.7. The summed E-state index contributed by atoms with van der Waals surface area (Å²) in [6.45, 7) is 0.521. The number of carbonyl (C=O) groups excluding carboxylic acids is 2. The highest BCUT2D eigenvalue weighted by Crippen LogP contribution is 2.28. The van der Waals surface area contributed by atoms with E-state index in [1.807, 2.05) is 0 Å². The summed E-state index contributed by atoms with van der Waals surface area (Å²) in [7, 11) is 0. The van der Waals surface area contributed by atoms with E-state index in [4.69, 9.17) is 16.0 Å². The summed E-state index contributed by atoms with van der Waals surface area (Å²) < 4.78 is 7.31. The largest absolute Gasteiger partial charge is 0.419 e. The summed E-state index contributed by atoms with van der Waals surface area (Å²) in [5.41, 5.74) is 1.83. The summed E-state index contributed by atoms with van der Waals surface area (Å²) in [6.07, 6.45) is 0.424. The molecule has 1 aliphatic rings. The molecular weight excluding hydrogens is 424 g/mol. The molecule has 132 valence electrons. The van der Waals surface area contributed by atoms with Crippen LogP contribution in [-0.4, -0.2) is 27.8 Å². The number of halogens is 2. The number of fused-ring (bicyclic) bond motifs is 2. The average Bonchev–Trinajstić information content (AvgIpc) is 3.05. The third-order valence-corrected chi connectivity index (χ3v) is 5.55. The van der Waals surface area contributed by atoms with Crippen molar-refractivity contribution in [3.8, 4) is 0 Å². The second-order valence-corrected chi connectivity index (χ2v) is 7.18. The average molecular weight is 436 g/mol. The van der Waals surface area contributed by atoms with Crippen LogP contribution in [0.2, 0.25) is 5.02 Å². The minimum atomic E-state index is -0.503. The van der Waals surface area contributed by atoms with Gasteiger partial charge in [-0.25, -0.2) is 4.79 Å². The Bertz CT molecular complexity index is 1080. The number of hydrogen-bond donors (Lipinski definition) is 0. The van der Waals surface area contributed by atoms with Gasteiger partial charge in [0.25, 0.3) is 11.8 Å². The van der Waals surface area contributed by atoms with E-state index >= 15 is 0 Å². The van der Waals surface area contributed by atoms with Crippen LogP contribution in [0.15, 0.2) is 50.1 Å². The van der Waals surface area contributed by atoms with Gasteiger partial charge < -0.3 is 4.42 Å². The Labute approximate surface area is 161 Å². The fourth-order valence-corrected chi connectivity index (χ4v) is 3.58. The van der Waals surface area contributed by atoms with Crippen LogP contribution in [-0.2, 0) is 6.54 Å². The zero-order valence-electron chi connectivity index (χ0n) is 13.4. The first-order valence-corrected chi connectivity index (χ1v) is 9.08. The molecule has 26 heavy (non-hydrogen) atoms. The summed E-state index contributed by atoms with van der Waals surface area (Å²) >= 11 is 9.38. The lowest BCUT2D eigenvalue weighted by molar-refractivity contribution is 0.0651. The molecule has 4 rings (SSSR count). The molecule has 2 aromatic carbocycles. The number of aryl methyl sites for hydroxylation is 1. The van der Waals surface area contributed by atoms with E-state index in [1.165, 1.54) is 9.47 Å². The van der Waals surface area contributed by atoms with Gasteiger partial charge in [-0.15, -0.1) is 0 Å². The van der Waals surface area contributed by atoms with Gasteiger partial charge in [-0.05, 0) is 46.6 Å². The molecule has 0 atom stereocenters. The smallest absolute Gasteiger partial charge is 0.408 e. The number of imide groups is 1. The topological polar surface area (TPSA) is 72.5 Å². The maximum Gasteiger partial charge on any atom is 0.419 e. The molecule has 0 aliphatic carbocycles. The minimum absolute atomic E-state index is 0.218. The van der Waals surface area contributed by atoms with Gasteiger partial charge >= 0.3 is 5.76 Å². The number of aromatic nitrogens is 1. The fourth-order valence-electron chi connectivity index (χ4n) is 3.10. The van der Waals surface area contributed by atoms with Crippen LogP contribution in [0, 0.1) is 0 Å². The summed E-state index contributed by atoms with van der Waals surface area (Å²) in [4.78, 5) is 38.0. The van der Waals surface area contributed by atoms with Crippen molar-refractivity contribution in [3.63, 3.8) is 0 Å². The maximum atomic E-state index is 12.4. The maximum absolute atomic E-state index is 12.4. The van der Waals surface area contributed by atoms with Crippen LogP contribution in [0.4, 0.5) is 0 Å². The Kier molecular flexibility index (Phi) is 4.20. The Morgan fingerprint density at radius 1 is 1.00 bits per heavy atom. The molecule has 1 aromatic heterocycles. The van der Waals surface area contributed by atoms with Crippen molar-refractivity contribution in [1.29, 1.82) is 0 Å². The van der Waals surface area contributed by atoms with Gasteiger partial charge in [0.1, 0.15) is 0 Å². The van der Waals surface area contributed by atoms with Crippen molar-refractivity contribution >= 4 is 50.4 Å². The van der Waals surface area contributed by atoms with Gasteiger partial charge in [0, 0.05) is 17.6 Å². The Hall–Kier alpha value is -2.38. The molecule has 0 saturated heterocycles. The number of rotatable bonds is 4.